The Kier molecular flexibility index (Phi) is 18.2. The standard InChI is InChI=1S/C112H132B2N4O2/c1-66(68-56-90-96-91(57-68)116(77-42-33-70(34-43-77)103(6,7)8)98-79-58-73(106(15,16)17)38-47-94(79)119-100(98)113(96)85-62-81-82(110(26,27)52-51-109(81,24)25)64-88(85)115(90)76-40-31-69(32-41-76)102(3,4)5)49-50-112(30)54-53-111(28,29)83-65-89-86(63-84(83)112)114-97-92(60-75(108(21,22)23)61-93(97)118(89)87-46-37-72(55-67(87)2)105(12,13)14)117(78-44-35-71(36-45-78)104(9,10)11)99-80-59-74(107(18,19)20)39-48-95(80)120-101(99)114/h31-48,55-66H,49-54H2,1-30H3/t66?,112-/m0/s1. The molecule has 2 atom stereocenters. The van der Waals surface area contributed by atoms with E-state index in [2.05, 4.69) is 403 Å². The van der Waals surface area contributed by atoms with E-state index in [1.807, 2.05) is 0 Å². The highest BCUT2D eigenvalue weighted by Crippen LogP contribution is 2.58. The van der Waals surface area contributed by atoms with Crippen molar-refractivity contribution in [2.24, 2.45) is 0 Å². The molecule has 618 valence electrons. The van der Waals surface area contributed by atoms with E-state index in [1.54, 1.807) is 0 Å². The summed E-state index contributed by atoms with van der Waals surface area (Å²) in [6.07, 6.45) is 6.35. The van der Waals surface area contributed by atoms with Crippen LogP contribution in [0.25, 0.3) is 21.9 Å². The highest BCUT2D eigenvalue weighted by atomic mass is 16.3. The van der Waals surface area contributed by atoms with Gasteiger partial charge in [0, 0.05) is 67.6 Å². The van der Waals surface area contributed by atoms with E-state index in [9.17, 15) is 0 Å². The summed E-state index contributed by atoms with van der Waals surface area (Å²) < 4.78 is 15.5. The summed E-state index contributed by atoms with van der Waals surface area (Å²) in [5, 5.41) is 2.31. The number of hydrogen-bond donors (Lipinski definition) is 0. The fourth-order valence-corrected chi connectivity index (χ4v) is 21.4. The largest absolute Gasteiger partial charge is 0.468 e. The Balaban J connectivity index is 0.859. The van der Waals surface area contributed by atoms with Gasteiger partial charge in [0.05, 0.1) is 22.7 Å². The molecular weight excluding hydrogens is 1450 g/mol. The van der Waals surface area contributed by atoms with Crippen LogP contribution < -0.4 is 52.8 Å². The lowest BCUT2D eigenvalue weighted by atomic mass is 9.35. The Bertz CT molecular complexity index is 6180. The number of anilines is 12. The summed E-state index contributed by atoms with van der Waals surface area (Å²) in [7, 11) is 0. The van der Waals surface area contributed by atoms with Gasteiger partial charge in [-0.05, 0) is 308 Å². The highest BCUT2D eigenvalue weighted by Gasteiger charge is 2.53. The molecule has 2 aromatic heterocycles. The third kappa shape index (κ3) is 13.1. The molecule has 6 aliphatic rings. The molecule has 6 heterocycles. The van der Waals surface area contributed by atoms with Crippen molar-refractivity contribution in [1.29, 1.82) is 0 Å². The normalized spacial score (nSPS) is 18.1. The van der Waals surface area contributed by atoms with Crippen molar-refractivity contribution in [3.63, 3.8) is 0 Å². The van der Waals surface area contributed by atoms with Gasteiger partial charge in [0.2, 0.25) is 0 Å². The maximum absolute atomic E-state index is 7.80. The molecule has 18 rings (SSSR count). The first kappa shape index (κ1) is 81.6. The van der Waals surface area contributed by atoms with Crippen LogP contribution in [0, 0.1) is 6.92 Å². The molecule has 2 aliphatic carbocycles. The fourth-order valence-electron chi connectivity index (χ4n) is 21.4. The third-order valence-corrected chi connectivity index (χ3v) is 29.7. The number of furan rings is 2. The summed E-state index contributed by atoms with van der Waals surface area (Å²) >= 11 is 0. The number of nitrogens with zero attached hydrogens (tertiary/aromatic N) is 4. The zero-order valence-electron chi connectivity index (χ0n) is 78.3. The van der Waals surface area contributed by atoms with Gasteiger partial charge in [0.25, 0.3) is 13.4 Å². The van der Waals surface area contributed by atoms with Crippen molar-refractivity contribution in [2.75, 3.05) is 19.6 Å². The van der Waals surface area contributed by atoms with Crippen molar-refractivity contribution in [2.45, 2.75) is 312 Å². The van der Waals surface area contributed by atoms with Gasteiger partial charge >= 0.3 is 0 Å². The molecule has 0 spiro atoms. The minimum atomic E-state index is -0.230. The van der Waals surface area contributed by atoms with Gasteiger partial charge in [-0.25, -0.2) is 0 Å². The SMILES string of the molecule is Cc1cc(C(C)(C)C)ccc1N1c2cc3c(cc2B2c4oc5ccc(C(C)(C)C)cc5c4N(c4ccc(C(C)(C)C)cc4)c4cc(C(C)(C)C)cc1c42)[C@@](C)(CCC(C)c1cc2c4c(c1)N(c1ccc(C(C)(C)C)cc1)c1c(oc5ccc(C(C)(C)C)cc15)B4c1cc4c(cc1N2c1ccc(C(C)(C)C)cc1)C(C)(C)CCC4(C)C)CCC3(C)C. The van der Waals surface area contributed by atoms with Crippen LogP contribution in [0.1, 0.15) is 318 Å². The minimum absolute atomic E-state index is 0.0243. The Labute approximate surface area is 720 Å². The molecule has 10 aromatic carbocycles. The molecule has 8 heteroatoms. The Morgan fingerprint density at radius 2 is 0.658 bits per heavy atom. The Morgan fingerprint density at radius 3 is 1.07 bits per heavy atom. The first-order valence-electron chi connectivity index (χ1n) is 45.3. The quantitative estimate of drug-likeness (QED) is 0.141. The molecule has 0 bridgehead atoms. The molecule has 0 amide bonds. The zero-order chi connectivity index (χ0) is 85.9. The number of fused-ring (bicyclic) bond motifs is 14. The van der Waals surface area contributed by atoms with E-state index in [4.69, 9.17) is 8.83 Å². The van der Waals surface area contributed by atoms with Crippen LogP contribution in [0.3, 0.4) is 0 Å². The zero-order valence-corrected chi connectivity index (χ0v) is 78.3. The number of rotatable bonds is 8. The average molecular weight is 1590 g/mol. The second-order valence-electron chi connectivity index (χ2n) is 47.1. The predicted octanol–water partition coefficient (Wildman–Crippen LogP) is 28.0. The molecule has 0 radical (unpaired) electrons. The molecule has 0 saturated carbocycles. The number of benzene rings is 10. The van der Waals surface area contributed by atoms with Crippen LogP contribution in [0.15, 0.2) is 185 Å². The van der Waals surface area contributed by atoms with E-state index < -0.39 is 0 Å². The maximum Gasteiger partial charge on any atom is 0.297 e. The van der Waals surface area contributed by atoms with Crippen molar-refractivity contribution in [1.82, 2.24) is 0 Å². The van der Waals surface area contributed by atoms with Crippen LogP contribution in [0.4, 0.5) is 68.2 Å². The molecule has 4 aliphatic heterocycles. The smallest absolute Gasteiger partial charge is 0.297 e. The van der Waals surface area contributed by atoms with Crippen LogP contribution in [0.5, 0.6) is 0 Å². The van der Waals surface area contributed by atoms with Gasteiger partial charge in [0.15, 0.2) is 0 Å². The molecular formula is C112H132B2N4O2. The van der Waals surface area contributed by atoms with Crippen molar-refractivity contribution >= 4 is 137 Å². The molecule has 120 heavy (non-hydrogen) atoms. The topological polar surface area (TPSA) is 39.2 Å². The average Bonchev–Trinajstić information content (AvgIpc) is 1.21. The summed E-state index contributed by atoms with van der Waals surface area (Å²) in [6.45, 7) is 71.5. The molecule has 1 unspecified atom stereocenters. The molecule has 12 aromatic rings. The van der Waals surface area contributed by atoms with Gasteiger partial charge in [-0.1, -0.05) is 274 Å². The van der Waals surface area contributed by atoms with E-state index in [1.165, 1.54) is 140 Å². The van der Waals surface area contributed by atoms with E-state index in [0.29, 0.717) is 0 Å². The van der Waals surface area contributed by atoms with Crippen molar-refractivity contribution in [3.05, 3.63) is 248 Å². The van der Waals surface area contributed by atoms with E-state index in [-0.39, 0.29) is 78.9 Å². The van der Waals surface area contributed by atoms with E-state index in [0.717, 1.165) is 94.5 Å². The Morgan fingerprint density at radius 1 is 0.325 bits per heavy atom. The summed E-state index contributed by atoms with van der Waals surface area (Å²) in [5.41, 5.74) is 40.2. The van der Waals surface area contributed by atoms with Gasteiger partial charge in [-0.2, -0.15) is 0 Å². The van der Waals surface area contributed by atoms with Crippen LogP contribution in [0.2, 0.25) is 0 Å². The van der Waals surface area contributed by atoms with Gasteiger partial charge in [-0.3, -0.25) is 0 Å². The number of aryl methyl sites for hydroxylation is 1. The summed E-state index contributed by atoms with van der Waals surface area (Å²) in [5.74, 6) is 0.145. The van der Waals surface area contributed by atoms with Crippen LogP contribution in [-0.4, -0.2) is 13.4 Å². The Hall–Kier alpha value is -9.39. The first-order valence-corrected chi connectivity index (χ1v) is 45.3. The molecule has 0 saturated heterocycles. The second kappa shape index (κ2) is 26.8. The lowest BCUT2D eigenvalue weighted by Gasteiger charge is -2.48. The van der Waals surface area contributed by atoms with Gasteiger partial charge in [0.1, 0.15) is 11.2 Å². The molecule has 0 fully saturated rings. The predicted molar refractivity (Wildman–Crippen MR) is 519 cm³/mol. The molecule has 0 N–H and O–H groups in total. The van der Waals surface area contributed by atoms with Crippen LogP contribution in [-0.2, 0) is 59.6 Å². The first-order chi connectivity index (χ1) is 55.8. The fraction of sp³-hybridized carbons (Fsp3) is 0.429. The van der Waals surface area contributed by atoms with E-state index >= 15 is 0 Å². The summed E-state index contributed by atoms with van der Waals surface area (Å²) in [6, 6.07) is 71.4. The van der Waals surface area contributed by atoms with Gasteiger partial charge < -0.3 is 28.4 Å². The second-order valence-corrected chi connectivity index (χ2v) is 47.1. The van der Waals surface area contributed by atoms with Crippen molar-refractivity contribution < 1.29 is 8.83 Å². The van der Waals surface area contributed by atoms with Crippen molar-refractivity contribution in [3.8, 4) is 0 Å². The number of hydrogen-bond acceptors (Lipinski definition) is 6. The molecule has 6 nitrogen and oxygen atoms in total. The monoisotopic (exact) mass is 1590 g/mol. The lowest BCUT2D eigenvalue weighted by Crippen LogP contribution is -2.61. The third-order valence-electron chi connectivity index (χ3n) is 29.7. The van der Waals surface area contributed by atoms with Gasteiger partial charge in [-0.15, -0.1) is 0 Å². The lowest BCUT2D eigenvalue weighted by molar-refractivity contribution is 0.287. The highest BCUT2D eigenvalue weighted by molar-refractivity contribution is 7.00. The summed E-state index contributed by atoms with van der Waals surface area (Å²) in [4.78, 5) is 10.7. The maximum atomic E-state index is 7.80. The minimum Gasteiger partial charge on any atom is -0.468 e. The van der Waals surface area contributed by atoms with Crippen LogP contribution >= 0.6 is 0 Å².